The largest absolute Gasteiger partial charge is 0.504 e. The van der Waals surface area contributed by atoms with Crippen molar-refractivity contribution in [3.63, 3.8) is 0 Å². The van der Waals surface area contributed by atoms with Crippen LogP contribution in [-0.4, -0.2) is 21.8 Å². The summed E-state index contributed by atoms with van der Waals surface area (Å²) in [4.78, 5) is 44.3. The molecular weight excluding hydrogens is 540 g/mol. The van der Waals surface area contributed by atoms with Crippen LogP contribution in [0.2, 0.25) is 0 Å². The summed E-state index contributed by atoms with van der Waals surface area (Å²) in [5.74, 6) is -1.97. The molecule has 2 aromatic rings. The van der Waals surface area contributed by atoms with Gasteiger partial charge in [0.25, 0.3) is 0 Å². The molecule has 230 valence electrons. The van der Waals surface area contributed by atoms with Crippen molar-refractivity contribution in [3.05, 3.63) is 80.3 Å². The summed E-state index contributed by atoms with van der Waals surface area (Å²) in [5.41, 5.74) is 0.220. The van der Waals surface area contributed by atoms with Crippen LogP contribution in [0.5, 0.6) is 11.5 Å². The van der Waals surface area contributed by atoms with E-state index in [4.69, 9.17) is 4.42 Å². The molecule has 1 saturated carbocycles. The minimum absolute atomic E-state index is 0.00392. The van der Waals surface area contributed by atoms with E-state index in [-0.39, 0.29) is 40.9 Å². The molecule has 1 fully saturated rings. The van der Waals surface area contributed by atoms with Gasteiger partial charge in [0.2, 0.25) is 5.43 Å². The lowest BCUT2D eigenvalue weighted by atomic mass is 9.59. The zero-order chi connectivity index (χ0) is 32.1. The summed E-state index contributed by atoms with van der Waals surface area (Å²) in [6.45, 7) is 18.1. The fraction of sp³-hybridized carbons (Fsp3) is 0.486. The minimum atomic E-state index is -1.46. The number of hydrogen-bond donors (Lipinski definition) is 2. The normalized spacial score (nSPS) is 24.1. The van der Waals surface area contributed by atoms with Gasteiger partial charge in [-0.1, -0.05) is 60.4 Å². The van der Waals surface area contributed by atoms with E-state index in [1.807, 2.05) is 60.6 Å². The molecule has 0 radical (unpaired) electrons. The van der Waals surface area contributed by atoms with Crippen LogP contribution >= 0.6 is 0 Å². The number of carbonyl (C=O) groups excluding carboxylic acids is 2. The van der Waals surface area contributed by atoms with Crippen molar-refractivity contribution in [1.82, 2.24) is 0 Å². The van der Waals surface area contributed by atoms with Gasteiger partial charge in [-0.25, -0.2) is 0 Å². The average molecular weight is 587 g/mol. The minimum Gasteiger partial charge on any atom is -0.504 e. The van der Waals surface area contributed by atoms with Crippen molar-refractivity contribution >= 4 is 22.5 Å². The van der Waals surface area contributed by atoms with Crippen LogP contribution in [0.15, 0.2) is 67.9 Å². The number of allylic oxidation sites excluding steroid dienone is 8. The number of hydrogen-bond acceptors (Lipinski definition) is 6. The fourth-order valence-electron chi connectivity index (χ4n) is 7.36. The van der Waals surface area contributed by atoms with Crippen molar-refractivity contribution in [3.8, 4) is 11.5 Å². The van der Waals surface area contributed by atoms with E-state index in [0.717, 1.165) is 35.6 Å². The van der Waals surface area contributed by atoms with E-state index in [1.165, 1.54) is 11.6 Å². The Bertz CT molecular complexity index is 1660. The predicted octanol–water partition coefficient (Wildman–Crippen LogP) is 8.65. The Kier molecular flexibility index (Phi) is 8.58. The highest BCUT2D eigenvalue weighted by atomic mass is 16.3. The fourth-order valence-corrected chi connectivity index (χ4v) is 7.36. The first-order valence-electron chi connectivity index (χ1n) is 15.2. The molecule has 2 aliphatic carbocycles. The van der Waals surface area contributed by atoms with Crippen LogP contribution in [0.25, 0.3) is 11.0 Å². The molecule has 3 atom stereocenters. The molecule has 1 heterocycles. The zero-order valence-electron chi connectivity index (χ0n) is 27.1. The van der Waals surface area contributed by atoms with Gasteiger partial charge in [-0.15, -0.1) is 0 Å². The molecule has 0 spiro atoms. The van der Waals surface area contributed by atoms with Crippen LogP contribution < -0.4 is 5.43 Å². The molecule has 6 nitrogen and oxygen atoms in total. The van der Waals surface area contributed by atoms with Gasteiger partial charge in [0.05, 0.1) is 10.8 Å². The second-order valence-electron chi connectivity index (χ2n) is 13.9. The second-order valence-corrected chi connectivity index (χ2v) is 13.9. The van der Waals surface area contributed by atoms with Gasteiger partial charge in [-0.3, -0.25) is 14.4 Å². The number of aromatic hydroxyl groups is 2. The van der Waals surface area contributed by atoms with Gasteiger partial charge in [0.1, 0.15) is 22.3 Å². The molecule has 43 heavy (non-hydrogen) atoms. The molecule has 1 aromatic carbocycles. The van der Waals surface area contributed by atoms with Crippen molar-refractivity contribution in [2.75, 3.05) is 0 Å². The number of fused-ring (bicyclic) bond motifs is 5. The molecular formula is C37H46O6. The third kappa shape index (κ3) is 5.03. The summed E-state index contributed by atoms with van der Waals surface area (Å²) >= 11 is 0. The van der Waals surface area contributed by atoms with Crippen LogP contribution in [0.4, 0.5) is 0 Å². The number of phenols is 2. The van der Waals surface area contributed by atoms with E-state index in [2.05, 4.69) is 26.0 Å². The maximum atomic E-state index is 15.2. The third-order valence-electron chi connectivity index (χ3n) is 9.81. The Labute approximate surface area is 254 Å². The lowest BCUT2D eigenvalue weighted by Crippen LogP contribution is -2.53. The van der Waals surface area contributed by atoms with Gasteiger partial charge >= 0.3 is 0 Å². The summed E-state index contributed by atoms with van der Waals surface area (Å²) in [7, 11) is 0. The first kappa shape index (κ1) is 32.2. The number of rotatable bonds is 9. The smallest absolute Gasteiger partial charge is 0.204 e. The molecule has 4 rings (SSSR count). The number of phenolic OH excluding ortho intramolecular Hbond substituents is 2. The molecule has 2 bridgehead atoms. The van der Waals surface area contributed by atoms with Crippen molar-refractivity contribution in [2.45, 2.75) is 99.8 Å². The molecule has 0 saturated heterocycles. The van der Waals surface area contributed by atoms with Gasteiger partial charge in [-0.2, -0.15) is 0 Å². The van der Waals surface area contributed by atoms with Crippen LogP contribution in [0.3, 0.4) is 0 Å². The first-order chi connectivity index (χ1) is 20.0. The summed E-state index contributed by atoms with van der Waals surface area (Å²) in [5, 5.41) is 20.5. The highest BCUT2D eigenvalue weighted by Crippen LogP contribution is 2.70. The number of ketones is 2. The summed E-state index contributed by atoms with van der Waals surface area (Å²) in [6.07, 6.45) is 10.9. The van der Waals surface area contributed by atoms with E-state index in [0.29, 0.717) is 6.42 Å². The van der Waals surface area contributed by atoms with Crippen molar-refractivity contribution < 1.29 is 24.2 Å². The van der Waals surface area contributed by atoms with E-state index in [1.54, 1.807) is 0 Å². The Morgan fingerprint density at radius 2 is 1.44 bits per heavy atom. The lowest BCUT2D eigenvalue weighted by Gasteiger charge is -2.41. The Morgan fingerprint density at radius 1 is 0.837 bits per heavy atom. The van der Waals surface area contributed by atoms with E-state index < -0.39 is 44.9 Å². The first-order valence-corrected chi connectivity index (χ1v) is 15.2. The predicted molar refractivity (Wildman–Crippen MR) is 172 cm³/mol. The van der Waals surface area contributed by atoms with Gasteiger partial charge in [-0.05, 0) is 98.0 Å². The summed E-state index contributed by atoms with van der Waals surface area (Å²) < 4.78 is 6.38. The lowest BCUT2D eigenvalue weighted by molar-refractivity contribution is -0.131. The number of benzene rings is 1. The molecule has 6 heteroatoms. The zero-order valence-corrected chi connectivity index (χ0v) is 27.1. The van der Waals surface area contributed by atoms with E-state index in [9.17, 15) is 19.8 Å². The standard InChI is InChI=1S/C37H46O6/c1-21(2)11-10-12-24(7)16-17-36-29(14-13-22(3)4)35(8,9)37(34(36)42,18-15-23(5)6)33-30(32(36)41)31(40)25-19-26(38)27(39)20-28(25)43-33/h11,13,15-16,19-20,29,38-39H,10,12,14,17-18H2,1-9H3/b24-16+/t29-,36+,37-/m0/s1. The topological polar surface area (TPSA) is 105 Å². The molecule has 0 amide bonds. The van der Waals surface area contributed by atoms with Gasteiger partial charge in [0, 0.05) is 6.07 Å². The maximum Gasteiger partial charge on any atom is 0.204 e. The third-order valence-corrected chi connectivity index (χ3v) is 9.81. The van der Waals surface area contributed by atoms with Crippen molar-refractivity contribution in [1.29, 1.82) is 0 Å². The average Bonchev–Trinajstić information content (AvgIpc) is 3.01. The SMILES string of the molecule is CC(C)=CCC/C(C)=C/C[C@@]12C(=O)c3c(oc4cc(O)c(O)cc4c3=O)[C@@](CC=C(C)C)(C1=O)C(C)(C)[C@@H]2CC=C(C)C. The number of carbonyl (C=O) groups is 2. The van der Waals surface area contributed by atoms with Gasteiger partial charge in [0.15, 0.2) is 23.1 Å². The Hall–Kier alpha value is -3.67. The van der Waals surface area contributed by atoms with Crippen LogP contribution in [0, 0.1) is 16.7 Å². The van der Waals surface area contributed by atoms with Crippen LogP contribution in [-0.2, 0) is 10.2 Å². The Morgan fingerprint density at radius 3 is 2.05 bits per heavy atom. The quantitative estimate of drug-likeness (QED) is 0.173. The van der Waals surface area contributed by atoms with Gasteiger partial charge < -0.3 is 14.6 Å². The van der Waals surface area contributed by atoms with Crippen molar-refractivity contribution in [2.24, 2.45) is 16.7 Å². The van der Waals surface area contributed by atoms with E-state index >= 15 is 4.79 Å². The second kappa shape index (κ2) is 11.4. The number of Topliss-reactive ketones (excluding diaryl/α,β-unsaturated/α-hetero) is 2. The Balaban J connectivity index is 2.10. The monoisotopic (exact) mass is 586 g/mol. The molecule has 0 unspecified atom stereocenters. The molecule has 2 aliphatic rings. The highest BCUT2D eigenvalue weighted by molar-refractivity contribution is 6.24. The highest BCUT2D eigenvalue weighted by Gasteiger charge is 2.77. The molecule has 2 N–H and O–H groups in total. The van der Waals surface area contributed by atoms with Crippen LogP contribution in [0.1, 0.15) is 111 Å². The summed E-state index contributed by atoms with van der Waals surface area (Å²) in [6, 6.07) is 2.32. The molecule has 0 aliphatic heterocycles. The maximum absolute atomic E-state index is 15.2. The molecule has 1 aromatic heterocycles.